The maximum absolute atomic E-state index is 12.5. The van der Waals surface area contributed by atoms with E-state index in [1.165, 1.54) is 0 Å². The van der Waals surface area contributed by atoms with Gasteiger partial charge >= 0.3 is 0 Å². The van der Waals surface area contributed by atoms with Crippen LogP contribution in [0.15, 0.2) is 18.2 Å². The van der Waals surface area contributed by atoms with Crippen LogP contribution in [0.3, 0.4) is 0 Å². The molecule has 5 nitrogen and oxygen atoms in total. The van der Waals surface area contributed by atoms with Crippen molar-refractivity contribution in [2.75, 3.05) is 25.5 Å². The highest BCUT2D eigenvalue weighted by atomic mass is 16.5. The fourth-order valence-electron chi connectivity index (χ4n) is 3.32. The molecule has 112 valence electrons. The van der Waals surface area contributed by atoms with Crippen LogP contribution in [0.25, 0.3) is 0 Å². The highest BCUT2D eigenvalue weighted by molar-refractivity contribution is 6.07. The number of fused-ring (bicyclic) bond motifs is 2. The van der Waals surface area contributed by atoms with Gasteiger partial charge in [0.2, 0.25) is 11.8 Å². The van der Waals surface area contributed by atoms with Gasteiger partial charge in [0.1, 0.15) is 5.75 Å². The SMILES string of the molecule is CCCC(=O)N1CC[C@]2(C1)C(=O)Nc1ccc(OC)cc12. The number of hydrogen-bond donors (Lipinski definition) is 1. The van der Waals surface area contributed by atoms with E-state index in [4.69, 9.17) is 4.74 Å². The third-order valence-corrected chi connectivity index (χ3v) is 4.51. The molecule has 21 heavy (non-hydrogen) atoms. The first-order valence-electron chi connectivity index (χ1n) is 7.38. The van der Waals surface area contributed by atoms with Crippen molar-refractivity contribution < 1.29 is 14.3 Å². The Kier molecular flexibility index (Phi) is 3.35. The van der Waals surface area contributed by atoms with Crippen molar-refractivity contribution >= 4 is 17.5 Å². The van der Waals surface area contributed by atoms with Crippen molar-refractivity contribution in [3.63, 3.8) is 0 Å². The zero-order valence-corrected chi connectivity index (χ0v) is 12.4. The van der Waals surface area contributed by atoms with E-state index in [2.05, 4.69) is 5.32 Å². The maximum Gasteiger partial charge on any atom is 0.237 e. The van der Waals surface area contributed by atoms with E-state index in [-0.39, 0.29) is 11.8 Å². The van der Waals surface area contributed by atoms with E-state index in [9.17, 15) is 9.59 Å². The Bertz CT molecular complexity index is 599. The highest BCUT2D eigenvalue weighted by Crippen LogP contribution is 2.45. The number of amides is 2. The standard InChI is InChI=1S/C16H20N2O3/c1-3-4-14(19)18-8-7-16(10-18)12-9-11(21-2)5-6-13(12)17-15(16)20/h5-6,9H,3-4,7-8,10H2,1-2H3,(H,17,20)/t16-/m1/s1. The Morgan fingerprint density at radius 1 is 1.48 bits per heavy atom. The normalized spacial score (nSPS) is 23.3. The van der Waals surface area contributed by atoms with Gasteiger partial charge in [0, 0.05) is 25.2 Å². The van der Waals surface area contributed by atoms with Crippen molar-refractivity contribution in [3.05, 3.63) is 23.8 Å². The molecule has 1 atom stereocenters. The number of carbonyl (C=O) groups is 2. The van der Waals surface area contributed by atoms with Gasteiger partial charge in [-0.1, -0.05) is 6.92 Å². The maximum atomic E-state index is 12.5. The Morgan fingerprint density at radius 2 is 2.29 bits per heavy atom. The molecule has 1 spiro atoms. The van der Waals surface area contributed by atoms with Gasteiger partial charge in [-0.2, -0.15) is 0 Å². The van der Waals surface area contributed by atoms with Crippen molar-refractivity contribution in [1.82, 2.24) is 4.90 Å². The number of ether oxygens (including phenoxy) is 1. The highest BCUT2D eigenvalue weighted by Gasteiger charge is 2.52. The number of likely N-dealkylation sites (tertiary alicyclic amines) is 1. The quantitative estimate of drug-likeness (QED) is 0.924. The van der Waals surface area contributed by atoms with Gasteiger partial charge in [-0.15, -0.1) is 0 Å². The van der Waals surface area contributed by atoms with Crippen LogP contribution in [-0.2, 0) is 15.0 Å². The first-order chi connectivity index (χ1) is 10.1. The summed E-state index contributed by atoms with van der Waals surface area (Å²) in [5.74, 6) is 0.874. The predicted octanol–water partition coefficient (Wildman–Crippen LogP) is 1.92. The minimum Gasteiger partial charge on any atom is -0.497 e. The first kappa shape index (κ1) is 13.9. The molecule has 0 aliphatic carbocycles. The summed E-state index contributed by atoms with van der Waals surface area (Å²) in [5.41, 5.74) is 1.19. The van der Waals surface area contributed by atoms with Crippen LogP contribution < -0.4 is 10.1 Å². The summed E-state index contributed by atoms with van der Waals surface area (Å²) >= 11 is 0. The van der Waals surface area contributed by atoms with E-state index < -0.39 is 5.41 Å². The van der Waals surface area contributed by atoms with Crippen molar-refractivity contribution in [3.8, 4) is 5.75 Å². The van der Waals surface area contributed by atoms with Crippen LogP contribution in [-0.4, -0.2) is 36.9 Å². The molecule has 2 amide bonds. The van der Waals surface area contributed by atoms with Gasteiger partial charge in [-0.05, 0) is 36.6 Å². The molecule has 0 bridgehead atoms. The molecular formula is C16H20N2O3. The zero-order chi connectivity index (χ0) is 15.0. The summed E-state index contributed by atoms with van der Waals surface area (Å²) in [6.07, 6.45) is 2.05. The third kappa shape index (κ3) is 2.07. The largest absolute Gasteiger partial charge is 0.497 e. The molecule has 0 saturated carbocycles. The summed E-state index contributed by atoms with van der Waals surface area (Å²) in [7, 11) is 1.62. The number of nitrogens with one attached hydrogen (secondary N) is 1. The smallest absolute Gasteiger partial charge is 0.237 e. The number of hydrogen-bond acceptors (Lipinski definition) is 3. The van der Waals surface area contributed by atoms with E-state index in [0.29, 0.717) is 25.9 Å². The van der Waals surface area contributed by atoms with E-state index in [1.54, 1.807) is 7.11 Å². The van der Waals surface area contributed by atoms with Gasteiger partial charge in [-0.25, -0.2) is 0 Å². The van der Waals surface area contributed by atoms with Crippen LogP contribution in [0.4, 0.5) is 5.69 Å². The second-order valence-corrected chi connectivity index (χ2v) is 5.76. The second-order valence-electron chi connectivity index (χ2n) is 5.76. The molecule has 0 radical (unpaired) electrons. The Balaban J connectivity index is 1.93. The average molecular weight is 288 g/mol. The Labute approximate surface area is 124 Å². The lowest BCUT2D eigenvalue weighted by molar-refractivity contribution is -0.130. The monoisotopic (exact) mass is 288 g/mol. The lowest BCUT2D eigenvalue weighted by Gasteiger charge is -2.22. The fraction of sp³-hybridized carbons (Fsp3) is 0.500. The predicted molar refractivity (Wildman–Crippen MR) is 79.4 cm³/mol. The topological polar surface area (TPSA) is 58.6 Å². The summed E-state index contributed by atoms with van der Waals surface area (Å²) in [4.78, 5) is 26.4. The number of rotatable bonds is 3. The molecule has 3 rings (SSSR count). The van der Waals surface area contributed by atoms with Crippen LogP contribution in [0.1, 0.15) is 31.7 Å². The van der Waals surface area contributed by atoms with E-state index in [1.807, 2.05) is 30.0 Å². The number of benzene rings is 1. The van der Waals surface area contributed by atoms with Gasteiger partial charge in [0.15, 0.2) is 0 Å². The number of methoxy groups -OCH3 is 1. The summed E-state index contributed by atoms with van der Waals surface area (Å²) in [6, 6.07) is 5.63. The Morgan fingerprint density at radius 3 is 3.00 bits per heavy atom. The molecule has 0 unspecified atom stereocenters. The molecule has 5 heteroatoms. The van der Waals surface area contributed by atoms with Crippen LogP contribution >= 0.6 is 0 Å². The van der Waals surface area contributed by atoms with Crippen LogP contribution in [0, 0.1) is 0 Å². The summed E-state index contributed by atoms with van der Waals surface area (Å²) in [6.45, 7) is 3.10. The fourth-order valence-corrected chi connectivity index (χ4v) is 3.32. The zero-order valence-electron chi connectivity index (χ0n) is 12.4. The molecule has 0 aromatic heterocycles. The van der Waals surface area contributed by atoms with Gasteiger partial charge < -0.3 is 15.0 Å². The van der Waals surface area contributed by atoms with Gasteiger partial charge in [-0.3, -0.25) is 9.59 Å². The first-order valence-corrected chi connectivity index (χ1v) is 7.38. The third-order valence-electron chi connectivity index (χ3n) is 4.51. The summed E-state index contributed by atoms with van der Waals surface area (Å²) < 4.78 is 5.27. The molecular weight excluding hydrogens is 268 g/mol. The lowest BCUT2D eigenvalue weighted by atomic mass is 9.81. The molecule has 1 aromatic carbocycles. The minimum atomic E-state index is -0.604. The molecule has 1 fully saturated rings. The van der Waals surface area contributed by atoms with E-state index >= 15 is 0 Å². The number of anilines is 1. The van der Waals surface area contributed by atoms with Crippen molar-refractivity contribution in [2.45, 2.75) is 31.6 Å². The second kappa shape index (κ2) is 5.06. The number of nitrogens with zero attached hydrogens (tertiary/aromatic N) is 1. The molecule has 2 aliphatic heterocycles. The minimum absolute atomic E-state index is 0.00227. The average Bonchev–Trinajstić information content (AvgIpc) is 3.04. The van der Waals surface area contributed by atoms with Gasteiger partial charge in [0.25, 0.3) is 0 Å². The molecule has 1 N–H and O–H groups in total. The summed E-state index contributed by atoms with van der Waals surface area (Å²) in [5, 5.41) is 2.94. The van der Waals surface area contributed by atoms with Crippen LogP contribution in [0.2, 0.25) is 0 Å². The van der Waals surface area contributed by atoms with Gasteiger partial charge in [0.05, 0.1) is 12.5 Å². The van der Waals surface area contributed by atoms with E-state index in [0.717, 1.165) is 23.4 Å². The molecule has 2 heterocycles. The number of carbonyl (C=O) groups excluding carboxylic acids is 2. The Hall–Kier alpha value is -2.04. The van der Waals surface area contributed by atoms with Crippen LogP contribution in [0.5, 0.6) is 5.75 Å². The molecule has 2 aliphatic rings. The molecule has 1 aromatic rings. The molecule has 1 saturated heterocycles. The lowest BCUT2D eigenvalue weighted by Crippen LogP contribution is -2.39. The van der Waals surface area contributed by atoms with Crippen molar-refractivity contribution in [2.24, 2.45) is 0 Å². The van der Waals surface area contributed by atoms with Crippen molar-refractivity contribution in [1.29, 1.82) is 0 Å².